The summed E-state index contributed by atoms with van der Waals surface area (Å²) in [7, 11) is 0. The molecule has 0 unspecified atom stereocenters. The van der Waals surface area contributed by atoms with Gasteiger partial charge in [0.15, 0.2) is 5.75 Å². The first kappa shape index (κ1) is 28.8. The molecule has 0 aromatic heterocycles. The van der Waals surface area contributed by atoms with E-state index in [1.807, 2.05) is 0 Å². The van der Waals surface area contributed by atoms with Crippen LogP contribution in [-0.4, -0.2) is 35.3 Å². The molecule has 3 rings (SSSR count). The van der Waals surface area contributed by atoms with Gasteiger partial charge < -0.3 is 31.1 Å². The number of carbonyl (C=O) groups is 3. The summed E-state index contributed by atoms with van der Waals surface area (Å²) in [6.45, 7) is 5.77. The number of carbonyl (C=O) groups excluding carboxylic acids is 3. The summed E-state index contributed by atoms with van der Waals surface area (Å²) in [6, 6.07) is 16.2. The fourth-order valence-electron chi connectivity index (χ4n) is 3.29. The second-order valence-corrected chi connectivity index (χ2v) is 10.5. The number of phenolic OH excluding ortho intramolecular Hbond substituents is 1. The largest absolute Gasteiger partial charge is 0.505 e. The Bertz CT molecular complexity index is 1330. The number of hydrogen-bond donors (Lipinski definition) is 5. The molecule has 200 valence electrons. The molecule has 0 saturated heterocycles. The number of amides is 4. The molecular formula is C27H28BrClN4O5. The molecule has 38 heavy (non-hydrogen) atoms. The van der Waals surface area contributed by atoms with Gasteiger partial charge in [-0.1, -0.05) is 35.9 Å². The molecule has 0 atom stereocenters. The van der Waals surface area contributed by atoms with Crippen LogP contribution in [0, 0.1) is 0 Å². The minimum absolute atomic E-state index is 0.0111. The Hall–Kier alpha value is -3.76. The summed E-state index contributed by atoms with van der Waals surface area (Å²) in [5.74, 6) is -1.12. The summed E-state index contributed by atoms with van der Waals surface area (Å²) in [5.41, 5.74) is 1.19. The van der Waals surface area contributed by atoms with Gasteiger partial charge in [0, 0.05) is 16.7 Å². The van der Waals surface area contributed by atoms with Crippen LogP contribution in [-0.2, 0) is 11.2 Å². The van der Waals surface area contributed by atoms with Crippen molar-refractivity contribution < 1.29 is 24.2 Å². The van der Waals surface area contributed by atoms with Gasteiger partial charge in [-0.3, -0.25) is 4.79 Å². The number of urea groups is 1. The van der Waals surface area contributed by atoms with Crippen LogP contribution in [0.4, 0.5) is 26.7 Å². The lowest BCUT2D eigenvalue weighted by Crippen LogP contribution is -2.33. The van der Waals surface area contributed by atoms with E-state index in [9.17, 15) is 19.5 Å². The van der Waals surface area contributed by atoms with Gasteiger partial charge in [0.05, 0.1) is 16.4 Å². The molecule has 0 fully saturated rings. The minimum Gasteiger partial charge on any atom is -0.505 e. The van der Waals surface area contributed by atoms with Crippen LogP contribution in [0.3, 0.4) is 0 Å². The van der Waals surface area contributed by atoms with Crippen molar-refractivity contribution in [3.63, 3.8) is 0 Å². The summed E-state index contributed by atoms with van der Waals surface area (Å²) in [5, 5.41) is 21.3. The van der Waals surface area contributed by atoms with Crippen molar-refractivity contribution in [2.45, 2.75) is 32.8 Å². The quantitative estimate of drug-likeness (QED) is 0.190. The average Bonchev–Trinajstić information content (AvgIpc) is 2.82. The number of halogens is 2. The first-order valence-electron chi connectivity index (χ1n) is 11.6. The number of rotatable bonds is 7. The van der Waals surface area contributed by atoms with Gasteiger partial charge in [0.25, 0.3) is 5.91 Å². The zero-order valence-corrected chi connectivity index (χ0v) is 23.4. The van der Waals surface area contributed by atoms with Crippen molar-refractivity contribution in [3.8, 4) is 5.75 Å². The van der Waals surface area contributed by atoms with Crippen molar-refractivity contribution in [1.82, 2.24) is 5.32 Å². The lowest BCUT2D eigenvalue weighted by Gasteiger charge is -2.19. The van der Waals surface area contributed by atoms with Gasteiger partial charge in [-0.2, -0.15) is 0 Å². The number of alkyl carbamates (subject to hydrolysis) is 1. The topological polar surface area (TPSA) is 129 Å². The Morgan fingerprint density at radius 3 is 2.24 bits per heavy atom. The molecule has 9 nitrogen and oxygen atoms in total. The highest BCUT2D eigenvalue weighted by atomic mass is 79.9. The Labute approximate surface area is 234 Å². The fourth-order valence-corrected chi connectivity index (χ4v) is 3.92. The standard InChI is InChI=1S/C27H28BrClN4O5/c1-27(2,3)38-26(37)30-15-14-16-8-10-17(11-9-16)31-24(35)22-19(29)12-13-21(23(22)34)33-25(36)32-20-7-5-4-6-18(20)28/h4-13,34H,14-15H2,1-3H3,(H,30,37)(H,31,35)(H2,32,33,36). The van der Waals surface area contributed by atoms with Crippen LogP contribution in [0.15, 0.2) is 65.1 Å². The van der Waals surface area contributed by atoms with E-state index >= 15 is 0 Å². The predicted molar refractivity (Wildman–Crippen MR) is 152 cm³/mol. The summed E-state index contributed by atoms with van der Waals surface area (Å²) in [6.07, 6.45) is 0.0790. The average molecular weight is 604 g/mol. The van der Waals surface area contributed by atoms with Crippen LogP contribution in [0.1, 0.15) is 36.7 Å². The first-order chi connectivity index (χ1) is 17.9. The molecule has 0 aliphatic heterocycles. The maximum Gasteiger partial charge on any atom is 0.407 e. The molecule has 3 aromatic carbocycles. The van der Waals surface area contributed by atoms with Crippen molar-refractivity contribution in [2.24, 2.45) is 0 Å². The van der Waals surface area contributed by atoms with Crippen LogP contribution in [0.5, 0.6) is 5.75 Å². The fraction of sp³-hybridized carbons (Fsp3) is 0.222. The van der Waals surface area contributed by atoms with E-state index in [0.29, 0.717) is 28.8 Å². The number of para-hydroxylation sites is 1. The van der Waals surface area contributed by atoms with Gasteiger partial charge in [0.2, 0.25) is 0 Å². The lowest BCUT2D eigenvalue weighted by atomic mass is 10.1. The molecule has 0 spiro atoms. The number of hydrogen-bond acceptors (Lipinski definition) is 5. The van der Waals surface area contributed by atoms with E-state index < -0.39 is 29.4 Å². The third-order valence-corrected chi connectivity index (χ3v) is 6.02. The monoisotopic (exact) mass is 602 g/mol. The van der Waals surface area contributed by atoms with Crippen LogP contribution in [0.25, 0.3) is 0 Å². The number of aromatic hydroxyl groups is 1. The SMILES string of the molecule is CC(C)(C)OC(=O)NCCc1ccc(NC(=O)c2c(Cl)ccc(NC(=O)Nc3ccccc3Br)c2O)cc1. The van der Waals surface area contributed by atoms with Gasteiger partial charge >= 0.3 is 12.1 Å². The number of ether oxygens (including phenoxy) is 1. The molecule has 0 saturated carbocycles. The highest BCUT2D eigenvalue weighted by Crippen LogP contribution is 2.34. The minimum atomic E-state index is -0.651. The van der Waals surface area contributed by atoms with Crippen molar-refractivity contribution in [1.29, 1.82) is 0 Å². The molecule has 0 aliphatic carbocycles. The maximum absolute atomic E-state index is 12.9. The Morgan fingerprint density at radius 2 is 1.58 bits per heavy atom. The highest BCUT2D eigenvalue weighted by molar-refractivity contribution is 9.10. The van der Waals surface area contributed by atoms with E-state index in [-0.39, 0.29) is 16.3 Å². The Balaban J connectivity index is 1.61. The van der Waals surface area contributed by atoms with E-state index in [1.54, 1.807) is 69.3 Å². The second kappa shape index (κ2) is 12.7. The number of benzene rings is 3. The molecule has 0 radical (unpaired) electrons. The van der Waals surface area contributed by atoms with E-state index in [4.69, 9.17) is 16.3 Å². The van der Waals surface area contributed by atoms with E-state index in [1.165, 1.54) is 12.1 Å². The molecule has 0 heterocycles. The van der Waals surface area contributed by atoms with Gasteiger partial charge in [-0.05, 0) is 85.1 Å². The van der Waals surface area contributed by atoms with Crippen LogP contribution < -0.4 is 21.3 Å². The zero-order chi connectivity index (χ0) is 27.9. The number of phenols is 1. The zero-order valence-electron chi connectivity index (χ0n) is 21.0. The van der Waals surface area contributed by atoms with Gasteiger partial charge in [-0.25, -0.2) is 9.59 Å². The van der Waals surface area contributed by atoms with E-state index in [0.717, 1.165) is 5.56 Å². The smallest absolute Gasteiger partial charge is 0.407 e. The van der Waals surface area contributed by atoms with Gasteiger partial charge in [-0.15, -0.1) is 0 Å². The summed E-state index contributed by atoms with van der Waals surface area (Å²) < 4.78 is 5.88. The van der Waals surface area contributed by atoms with Crippen LogP contribution in [0.2, 0.25) is 5.02 Å². The lowest BCUT2D eigenvalue weighted by molar-refractivity contribution is 0.0528. The van der Waals surface area contributed by atoms with Crippen molar-refractivity contribution in [2.75, 3.05) is 22.5 Å². The molecule has 11 heteroatoms. The molecule has 0 aliphatic rings. The number of anilines is 3. The van der Waals surface area contributed by atoms with Crippen molar-refractivity contribution >= 4 is 62.6 Å². The van der Waals surface area contributed by atoms with Gasteiger partial charge in [0.1, 0.15) is 11.2 Å². The molecule has 5 N–H and O–H groups in total. The molecular weight excluding hydrogens is 576 g/mol. The molecule has 3 aromatic rings. The Kier molecular flexibility index (Phi) is 9.60. The number of nitrogens with one attached hydrogen (secondary N) is 4. The first-order valence-corrected chi connectivity index (χ1v) is 12.8. The highest BCUT2D eigenvalue weighted by Gasteiger charge is 2.20. The van der Waals surface area contributed by atoms with Crippen molar-refractivity contribution in [3.05, 3.63) is 81.3 Å². The summed E-state index contributed by atoms with van der Waals surface area (Å²) in [4.78, 5) is 37.1. The second-order valence-electron chi connectivity index (χ2n) is 9.21. The normalized spacial score (nSPS) is 10.9. The third-order valence-electron chi connectivity index (χ3n) is 5.02. The molecule has 0 bridgehead atoms. The maximum atomic E-state index is 12.9. The third kappa shape index (κ3) is 8.39. The van der Waals surface area contributed by atoms with E-state index in [2.05, 4.69) is 37.2 Å². The van der Waals surface area contributed by atoms with Crippen LogP contribution >= 0.6 is 27.5 Å². The predicted octanol–water partition coefficient (Wildman–Crippen LogP) is 6.77. The molecule has 4 amide bonds. The summed E-state index contributed by atoms with van der Waals surface area (Å²) >= 11 is 9.54. The Morgan fingerprint density at radius 1 is 0.921 bits per heavy atom.